The van der Waals surface area contributed by atoms with Crippen molar-refractivity contribution in [3.05, 3.63) is 29.8 Å². The minimum Gasteiger partial charge on any atom is -0.466 e. The molecule has 0 aromatic heterocycles. The van der Waals surface area contributed by atoms with Gasteiger partial charge in [0.1, 0.15) is 5.92 Å². The standard InChI is InChI=1S/C18H26N2O3/c1-3-23-18(22)15-8-6-11-20(13-15)12-10-17(21)19-16-9-5-4-7-14(16)2/h4-5,7,9,15H,3,6,8,10-13H2,1-2H3,(H,19,21)/p+1/t15-/m0/s1. The Hall–Kier alpha value is -1.88. The van der Waals surface area contributed by atoms with Crippen LogP contribution in [0.2, 0.25) is 0 Å². The number of amides is 1. The molecule has 2 rings (SSSR count). The van der Waals surface area contributed by atoms with Crippen molar-refractivity contribution in [3.8, 4) is 0 Å². The zero-order valence-electron chi connectivity index (χ0n) is 14.1. The summed E-state index contributed by atoms with van der Waals surface area (Å²) in [5.74, 6) is -0.0720. The summed E-state index contributed by atoms with van der Waals surface area (Å²) >= 11 is 0. The second kappa shape index (κ2) is 8.67. The van der Waals surface area contributed by atoms with Crippen molar-refractivity contribution in [2.75, 3.05) is 31.6 Å². The van der Waals surface area contributed by atoms with Crippen LogP contribution in [0.1, 0.15) is 31.7 Å². The molecule has 1 fully saturated rings. The van der Waals surface area contributed by atoms with Gasteiger partial charge in [-0.25, -0.2) is 0 Å². The number of para-hydroxylation sites is 1. The summed E-state index contributed by atoms with van der Waals surface area (Å²) in [4.78, 5) is 25.3. The Morgan fingerprint density at radius 2 is 2.13 bits per heavy atom. The molecular weight excluding hydrogens is 292 g/mol. The summed E-state index contributed by atoms with van der Waals surface area (Å²) in [6, 6.07) is 7.77. The molecule has 2 N–H and O–H groups in total. The number of anilines is 1. The fraction of sp³-hybridized carbons (Fsp3) is 0.556. The molecule has 0 bridgehead atoms. The normalized spacial score (nSPS) is 20.8. The van der Waals surface area contributed by atoms with Gasteiger partial charge < -0.3 is 15.0 Å². The second-order valence-electron chi connectivity index (χ2n) is 6.16. The Morgan fingerprint density at radius 1 is 1.35 bits per heavy atom. The lowest BCUT2D eigenvalue weighted by atomic mass is 9.98. The summed E-state index contributed by atoms with van der Waals surface area (Å²) < 4.78 is 5.12. The summed E-state index contributed by atoms with van der Waals surface area (Å²) in [5, 5.41) is 2.96. The highest BCUT2D eigenvalue weighted by molar-refractivity contribution is 5.91. The molecule has 1 aliphatic heterocycles. The maximum absolute atomic E-state index is 12.1. The van der Waals surface area contributed by atoms with E-state index in [0.29, 0.717) is 13.0 Å². The average Bonchev–Trinajstić information content (AvgIpc) is 2.56. The Morgan fingerprint density at radius 3 is 2.87 bits per heavy atom. The third-order valence-corrected chi connectivity index (χ3v) is 4.36. The molecule has 5 heteroatoms. The molecule has 0 radical (unpaired) electrons. The minimum atomic E-state index is -0.0888. The average molecular weight is 319 g/mol. The van der Waals surface area contributed by atoms with Gasteiger partial charge in [-0.05, 0) is 38.3 Å². The smallest absolute Gasteiger partial charge is 0.314 e. The first-order valence-corrected chi connectivity index (χ1v) is 8.45. The predicted molar refractivity (Wildman–Crippen MR) is 89.3 cm³/mol. The van der Waals surface area contributed by atoms with E-state index in [-0.39, 0.29) is 17.8 Å². The van der Waals surface area contributed by atoms with E-state index >= 15 is 0 Å². The van der Waals surface area contributed by atoms with Crippen LogP contribution in [0, 0.1) is 12.8 Å². The van der Waals surface area contributed by atoms with Crippen molar-refractivity contribution in [3.63, 3.8) is 0 Å². The van der Waals surface area contributed by atoms with Crippen molar-refractivity contribution in [1.29, 1.82) is 0 Å². The number of carbonyl (C=O) groups excluding carboxylic acids is 2. The molecule has 1 aromatic rings. The van der Waals surface area contributed by atoms with Crippen molar-refractivity contribution in [2.24, 2.45) is 5.92 Å². The van der Waals surface area contributed by atoms with E-state index in [0.717, 1.165) is 43.7 Å². The number of ether oxygens (including phenoxy) is 1. The lowest BCUT2D eigenvalue weighted by molar-refractivity contribution is -0.906. The monoisotopic (exact) mass is 319 g/mol. The van der Waals surface area contributed by atoms with Crippen LogP contribution in [0.5, 0.6) is 0 Å². The van der Waals surface area contributed by atoms with Gasteiger partial charge in [0, 0.05) is 5.69 Å². The minimum absolute atomic E-state index is 0.0156. The molecule has 1 saturated heterocycles. The summed E-state index contributed by atoms with van der Waals surface area (Å²) in [6.07, 6.45) is 2.38. The maximum atomic E-state index is 12.1. The van der Waals surface area contributed by atoms with Gasteiger partial charge in [0.2, 0.25) is 5.91 Å². The number of aryl methyl sites for hydroxylation is 1. The van der Waals surface area contributed by atoms with Gasteiger partial charge in [0.15, 0.2) is 0 Å². The molecule has 1 unspecified atom stereocenters. The molecule has 1 heterocycles. The maximum Gasteiger partial charge on any atom is 0.314 e. The molecule has 0 aliphatic carbocycles. The van der Waals surface area contributed by atoms with E-state index in [1.807, 2.05) is 38.1 Å². The zero-order valence-corrected chi connectivity index (χ0v) is 14.1. The molecule has 1 aromatic carbocycles. The van der Waals surface area contributed by atoms with E-state index in [4.69, 9.17) is 4.74 Å². The first-order valence-electron chi connectivity index (χ1n) is 8.45. The molecule has 2 atom stereocenters. The van der Waals surface area contributed by atoms with E-state index < -0.39 is 0 Å². The van der Waals surface area contributed by atoms with Gasteiger partial charge in [0.05, 0.1) is 32.7 Å². The van der Waals surface area contributed by atoms with Crippen molar-refractivity contribution >= 4 is 17.6 Å². The van der Waals surface area contributed by atoms with Crippen LogP contribution in [0.25, 0.3) is 0 Å². The molecule has 1 aliphatic rings. The highest BCUT2D eigenvalue weighted by Crippen LogP contribution is 2.13. The lowest BCUT2D eigenvalue weighted by Gasteiger charge is -2.28. The zero-order chi connectivity index (χ0) is 16.7. The highest BCUT2D eigenvalue weighted by Gasteiger charge is 2.29. The van der Waals surface area contributed by atoms with Gasteiger partial charge >= 0.3 is 5.97 Å². The van der Waals surface area contributed by atoms with Crippen LogP contribution in [-0.4, -0.2) is 38.1 Å². The van der Waals surface area contributed by atoms with E-state index in [1.54, 1.807) is 0 Å². The number of likely N-dealkylation sites (tertiary alicyclic amines) is 1. The first kappa shape index (κ1) is 17.5. The third-order valence-electron chi connectivity index (χ3n) is 4.36. The second-order valence-corrected chi connectivity index (χ2v) is 6.16. The van der Waals surface area contributed by atoms with E-state index in [1.165, 1.54) is 4.90 Å². The molecule has 23 heavy (non-hydrogen) atoms. The third kappa shape index (κ3) is 5.36. The number of quaternary nitrogens is 1. The molecule has 0 saturated carbocycles. The van der Waals surface area contributed by atoms with Crippen LogP contribution in [0.4, 0.5) is 5.69 Å². The largest absolute Gasteiger partial charge is 0.466 e. The fourth-order valence-electron chi connectivity index (χ4n) is 3.06. The van der Waals surface area contributed by atoms with Crippen LogP contribution in [0.3, 0.4) is 0 Å². The number of benzene rings is 1. The van der Waals surface area contributed by atoms with Crippen LogP contribution in [-0.2, 0) is 14.3 Å². The Kier molecular flexibility index (Phi) is 6.59. The number of piperidine rings is 1. The van der Waals surface area contributed by atoms with Gasteiger partial charge in [0.25, 0.3) is 0 Å². The number of rotatable bonds is 6. The lowest BCUT2D eigenvalue weighted by Crippen LogP contribution is -3.13. The first-order chi connectivity index (χ1) is 11.1. The predicted octanol–water partition coefficient (Wildman–Crippen LogP) is 1.18. The van der Waals surface area contributed by atoms with Gasteiger partial charge in [-0.15, -0.1) is 0 Å². The Bertz CT molecular complexity index is 545. The van der Waals surface area contributed by atoms with Gasteiger partial charge in [-0.2, -0.15) is 0 Å². The van der Waals surface area contributed by atoms with E-state index in [9.17, 15) is 9.59 Å². The van der Waals surface area contributed by atoms with Crippen molar-refractivity contribution in [1.82, 2.24) is 0 Å². The topological polar surface area (TPSA) is 59.8 Å². The van der Waals surface area contributed by atoms with Gasteiger partial charge in [-0.3, -0.25) is 9.59 Å². The van der Waals surface area contributed by atoms with Crippen LogP contribution >= 0.6 is 0 Å². The molecular formula is C18H27N2O3+. The molecule has 5 nitrogen and oxygen atoms in total. The summed E-state index contributed by atoms with van der Waals surface area (Å²) in [6.45, 7) is 6.80. The van der Waals surface area contributed by atoms with E-state index in [2.05, 4.69) is 5.32 Å². The SMILES string of the molecule is CCOC(=O)[C@H]1CCC[NH+](CCC(=O)Nc2ccccc2C)C1. The van der Waals surface area contributed by atoms with Crippen LogP contribution < -0.4 is 10.2 Å². The van der Waals surface area contributed by atoms with Crippen LogP contribution in [0.15, 0.2) is 24.3 Å². The Labute approximate surface area is 138 Å². The van der Waals surface area contributed by atoms with Gasteiger partial charge in [-0.1, -0.05) is 18.2 Å². The Balaban J connectivity index is 1.77. The molecule has 126 valence electrons. The molecule has 0 spiro atoms. The number of hydrogen-bond donors (Lipinski definition) is 2. The summed E-state index contributed by atoms with van der Waals surface area (Å²) in [7, 11) is 0. The fourth-order valence-corrected chi connectivity index (χ4v) is 3.06. The number of nitrogens with one attached hydrogen (secondary N) is 2. The quantitative estimate of drug-likeness (QED) is 0.774. The highest BCUT2D eigenvalue weighted by atomic mass is 16.5. The summed E-state index contributed by atoms with van der Waals surface area (Å²) in [5.41, 5.74) is 1.93. The molecule has 1 amide bonds. The number of hydrogen-bond acceptors (Lipinski definition) is 3. The number of esters is 1. The number of carbonyl (C=O) groups is 2. The van der Waals surface area contributed by atoms with Crippen molar-refractivity contribution < 1.29 is 19.2 Å². The van der Waals surface area contributed by atoms with Crippen molar-refractivity contribution in [2.45, 2.75) is 33.1 Å².